The quantitative estimate of drug-likeness (QED) is 0.847. The molecule has 0 saturated heterocycles. The number of hydrogen-bond donors (Lipinski definition) is 2. The molecule has 0 aromatic heterocycles. The van der Waals surface area contributed by atoms with Crippen LogP contribution in [0.15, 0.2) is 12.1 Å². The van der Waals surface area contributed by atoms with Gasteiger partial charge in [0.2, 0.25) is 12.7 Å². The number of carbonyl (C=O) groups is 1. The molecule has 0 radical (unpaired) electrons. The lowest BCUT2D eigenvalue weighted by Crippen LogP contribution is -2.23. The minimum absolute atomic E-state index is 0.0909. The number of amides is 1. The van der Waals surface area contributed by atoms with E-state index in [4.69, 9.17) is 26.8 Å². The minimum atomic E-state index is -0.0909. The summed E-state index contributed by atoms with van der Waals surface area (Å²) in [6, 6.07) is 3.33. The number of nitrogens with one attached hydrogen (secondary N) is 1. The maximum Gasteiger partial charge on any atom is 0.231 e. The van der Waals surface area contributed by atoms with Crippen LogP contribution in [0.3, 0.4) is 0 Å². The zero-order valence-electron chi connectivity index (χ0n) is 12.3. The Morgan fingerprint density at radius 2 is 2.05 bits per heavy atom. The van der Waals surface area contributed by atoms with Crippen LogP contribution < -0.4 is 20.5 Å². The zero-order valence-corrected chi connectivity index (χ0v) is 13.1. The molecule has 0 bridgehead atoms. The highest BCUT2D eigenvalue weighted by Crippen LogP contribution is 2.39. The van der Waals surface area contributed by atoms with E-state index in [2.05, 4.69) is 19.2 Å². The molecule has 2 rings (SSSR count). The second kappa shape index (κ2) is 7.00. The third-order valence-electron chi connectivity index (χ3n) is 3.35. The number of nitrogens with two attached hydrogens (primary N) is 1. The van der Waals surface area contributed by atoms with E-state index in [1.54, 1.807) is 12.1 Å². The second-order valence-electron chi connectivity index (χ2n) is 5.67. The molecule has 0 aliphatic carbocycles. The first-order valence-corrected chi connectivity index (χ1v) is 7.46. The molecule has 1 heterocycles. The third-order valence-corrected chi connectivity index (χ3v) is 3.66. The van der Waals surface area contributed by atoms with E-state index >= 15 is 0 Å². The van der Waals surface area contributed by atoms with Crippen molar-refractivity contribution in [1.82, 2.24) is 0 Å². The average Bonchev–Trinajstić information content (AvgIpc) is 2.84. The summed E-state index contributed by atoms with van der Waals surface area (Å²) in [6.45, 7) is 4.91. The van der Waals surface area contributed by atoms with Crippen LogP contribution in [-0.4, -0.2) is 19.2 Å². The number of carbonyl (C=O) groups excluding carboxylic acids is 1. The molecule has 1 aromatic carbocycles. The van der Waals surface area contributed by atoms with Crippen LogP contribution in [0.25, 0.3) is 0 Å². The van der Waals surface area contributed by atoms with Crippen molar-refractivity contribution in [2.75, 3.05) is 18.7 Å². The Morgan fingerprint density at radius 3 is 2.67 bits per heavy atom. The number of ether oxygens (including phenoxy) is 2. The van der Waals surface area contributed by atoms with Gasteiger partial charge in [-0.25, -0.2) is 0 Å². The van der Waals surface area contributed by atoms with E-state index in [0.29, 0.717) is 41.1 Å². The lowest BCUT2D eigenvalue weighted by atomic mass is 9.94. The fraction of sp³-hybridized carbons (Fsp3) is 0.533. The molecule has 0 spiro atoms. The average molecular weight is 313 g/mol. The lowest BCUT2D eigenvalue weighted by molar-refractivity contribution is -0.117. The predicted molar refractivity (Wildman–Crippen MR) is 82.8 cm³/mol. The fourth-order valence-electron chi connectivity index (χ4n) is 2.41. The van der Waals surface area contributed by atoms with Crippen molar-refractivity contribution in [3.8, 4) is 11.5 Å². The van der Waals surface area contributed by atoms with Crippen LogP contribution in [0.2, 0.25) is 5.02 Å². The van der Waals surface area contributed by atoms with Crippen molar-refractivity contribution in [1.29, 1.82) is 0 Å². The summed E-state index contributed by atoms with van der Waals surface area (Å²) in [5.41, 5.74) is 6.26. The highest BCUT2D eigenvalue weighted by molar-refractivity contribution is 6.34. The largest absolute Gasteiger partial charge is 0.454 e. The maximum atomic E-state index is 12.1. The zero-order chi connectivity index (χ0) is 15.4. The van der Waals surface area contributed by atoms with Gasteiger partial charge in [-0.15, -0.1) is 0 Å². The van der Waals surface area contributed by atoms with Gasteiger partial charge in [0, 0.05) is 18.6 Å². The van der Waals surface area contributed by atoms with E-state index in [1.165, 1.54) is 0 Å². The van der Waals surface area contributed by atoms with E-state index in [1.807, 2.05) is 0 Å². The highest BCUT2D eigenvalue weighted by Gasteiger charge is 2.19. The van der Waals surface area contributed by atoms with Crippen LogP contribution >= 0.6 is 11.6 Å². The van der Waals surface area contributed by atoms with Crippen LogP contribution in [0, 0.1) is 11.8 Å². The summed E-state index contributed by atoms with van der Waals surface area (Å²) in [7, 11) is 0. The highest BCUT2D eigenvalue weighted by atomic mass is 35.5. The summed E-state index contributed by atoms with van der Waals surface area (Å²) in [5, 5.41) is 3.25. The monoisotopic (exact) mass is 312 g/mol. The molecule has 1 amide bonds. The molecule has 0 saturated carbocycles. The third kappa shape index (κ3) is 4.25. The first kappa shape index (κ1) is 15.9. The number of benzene rings is 1. The van der Waals surface area contributed by atoms with E-state index in [0.717, 1.165) is 6.42 Å². The Balaban J connectivity index is 1.99. The van der Waals surface area contributed by atoms with Gasteiger partial charge in [-0.1, -0.05) is 25.4 Å². The Hall–Kier alpha value is -1.46. The molecule has 116 valence electrons. The van der Waals surface area contributed by atoms with Crippen molar-refractivity contribution in [2.24, 2.45) is 17.6 Å². The van der Waals surface area contributed by atoms with Crippen molar-refractivity contribution < 1.29 is 14.3 Å². The molecular formula is C15H21ClN2O3. The smallest absolute Gasteiger partial charge is 0.231 e. The van der Waals surface area contributed by atoms with Gasteiger partial charge in [0.25, 0.3) is 0 Å². The molecule has 1 aliphatic rings. The summed E-state index contributed by atoms with van der Waals surface area (Å²) in [4.78, 5) is 12.1. The SMILES string of the molecule is CC(C)CC(CN)CC(=O)Nc1cc2c(cc1Cl)OCO2. The Morgan fingerprint density at radius 1 is 1.38 bits per heavy atom. The Labute approximate surface area is 129 Å². The van der Waals surface area contributed by atoms with E-state index < -0.39 is 0 Å². The molecule has 0 fully saturated rings. The Bertz CT molecular complexity index is 520. The molecule has 1 unspecified atom stereocenters. The summed E-state index contributed by atoms with van der Waals surface area (Å²) < 4.78 is 10.5. The van der Waals surface area contributed by atoms with E-state index in [9.17, 15) is 4.79 Å². The van der Waals surface area contributed by atoms with Gasteiger partial charge in [-0.05, 0) is 24.8 Å². The van der Waals surface area contributed by atoms with Crippen molar-refractivity contribution in [2.45, 2.75) is 26.7 Å². The first-order chi connectivity index (χ1) is 9.99. The van der Waals surface area contributed by atoms with Gasteiger partial charge in [0.15, 0.2) is 11.5 Å². The maximum absolute atomic E-state index is 12.1. The van der Waals surface area contributed by atoms with E-state index in [-0.39, 0.29) is 18.6 Å². The molecule has 3 N–H and O–H groups in total. The molecule has 6 heteroatoms. The van der Waals surface area contributed by atoms with Crippen LogP contribution in [0.4, 0.5) is 5.69 Å². The second-order valence-corrected chi connectivity index (χ2v) is 6.08. The summed E-state index contributed by atoms with van der Waals surface area (Å²) in [5.74, 6) is 1.79. The normalized spacial score (nSPS) is 14.3. The molecule has 1 atom stereocenters. The van der Waals surface area contributed by atoms with Gasteiger partial charge in [-0.2, -0.15) is 0 Å². The molecule has 5 nitrogen and oxygen atoms in total. The van der Waals surface area contributed by atoms with Crippen molar-refractivity contribution >= 4 is 23.2 Å². The van der Waals surface area contributed by atoms with Gasteiger partial charge in [-0.3, -0.25) is 4.79 Å². The number of anilines is 1. The van der Waals surface area contributed by atoms with Crippen LogP contribution in [0.1, 0.15) is 26.7 Å². The van der Waals surface area contributed by atoms with Crippen LogP contribution in [0.5, 0.6) is 11.5 Å². The summed E-state index contributed by atoms with van der Waals surface area (Å²) >= 11 is 6.13. The van der Waals surface area contributed by atoms with Gasteiger partial charge in [0.1, 0.15) is 0 Å². The van der Waals surface area contributed by atoms with Crippen LogP contribution in [-0.2, 0) is 4.79 Å². The molecular weight excluding hydrogens is 292 g/mol. The predicted octanol–water partition coefficient (Wildman–Crippen LogP) is 3.02. The Kier molecular flexibility index (Phi) is 5.31. The topological polar surface area (TPSA) is 73.6 Å². The number of hydrogen-bond acceptors (Lipinski definition) is 4. The molecule has 1 aliphatic heterocycles. The summed E-state index contributed by atoms with van der Waals surface area (Å²) in [6.07, 6.45) is 1.32. The van der Waals surface area contributed by atoms with Crippen molar-refractivity contribution in [3.05, 3.63) is 17.2 Å². The van der Waals surface area contributed by atoms with Crippen molar-refractivity contribution in [3.63, 3.8) is 0 Å². The number of fused-ring (bicyclic) bond motifs is 1. The number of halogens is 1. The molecule has 21 heavy (non-hydrogen) atoms. The molecule has 1 aromatic rings. The minimum Gasteiger partial charge on any atom is -0.454 e. The van der Waals surface area contributed by atoms with Gasteiger partial charge >= 0.3 is 0 Å². The standard InChI is InChI=1S/C15H21ClN2O3/c1-9(2)3-10(7-17)4-15(19)18-12-6-14-13(5-11(12)16)20-8-21-14/h5-6,9-10H,3-4,7-8,17H2,1-2H3,(H,18,19). The van der Waals surface area contributed by atoms with Gasteiger partial charge in [0.05, 0.1) is 10.7 Å². The van der Waals surface area contributed by atoms with Gasteiger partial charge < -0.3 is 20.5 Å². The lowest BCUT2D eigenvalue weighted by Gasteiger charge is -2.17. The first-order valence-electron chi connectivity index (χ1n) is 7.08. The fourth-order valence-corrected chi connectivity index (χ4v) is 2.61. The number of rotatable bonds is 6.